The summed E-state index contributed by atoms with van der Waals surface area (Å²) in [6.45, 7) is 6.01. The molecule has 102 valence electrons. The number of esters is 1. The molecule has 0 saturated carbocycles. The Kier molecular flexibility index (Phi) is 3.88. The molecule has 2 atom stereocenters. The fraction of sp³-hybridized carbons (Fsp3) is 0.467. The average molecular weight is 260 g/mol. The van der Waals surface area contributed by atoms with Crippen LogP contribution in [-0.4, -0.2) is 22.6 Å². The summed E-state index contributed by atoms with van der Waals surface area (Å²) in [5.41, 5.74) is 2.05. The summed E-state index contributed by atoms with van der Waals surface area (Å²) in [6.07, 6.45) is 0.840. The van der Waals surface area contributed by atoms with E-state index < -0.39 is 0 Å². The minimum absolute atomic E-state index is 0.0230. The van der Waals surface area contributed by atoms with Crippen LogP contribution in [0.2, 0.25) is 0 Å². The van der Waals surface area contributed by atoms with Crippen LogP contribution >= 0.6 is 0 Å². The second-order valence-electron chi connectivity index (χ2n) is 4.79. The fourth-order valence-corrected chi connectivity index (χ4v) is 2.40. The molecule has 0 fully saturated rings. The molecule has 2 aromatic rings. The van der Waals surface area contributed by atoms with Crippen molar-refractivity contribution in [3.63, 3.8) is 0 Å². The maximum Gasteiger partial charge on any atom is 0.310 e. The van der Waals surface area contributed by atoms with Gasteiger partial charge in [0.25, 0.3) is 0 Å². The van der Waals surface area contributed by atoms with Crippen molar-refractivity contribution in [3.05, 3.63) is 30.1 Å². The average Bonchev–Trinajstić information content (AvgIpc) is 2.83. The number of aromatic nitrogens is 2. The number of ether oxygens (including phenoxy) is 1. The minimum Gasteiger partial charge on any atom is -0.469 e. The van der Waals surface area contributed by atoms with Gasteiger partial charge < -0.3 is 9.30 Å². The lowest BCUT2D eigenvalue weighted by Crippen LogP contribution is -2.24. The lowest BCUT2D eigenvalue weighted by Gasteiger charge is -2.22. The van der Waals surface area contributed by atoms with E-state index in [0.29, 0.717) is 0 Å². The van der Waals surface area contributed by atoms with Crippen molar-refractivity contribution in [2.24, 2.45) is 5.92 Å². The van der Waals surface area contributed by atoms with Gasteiger partial charge in [0.15, 0.2) is 0 Å². The molecule has 0 aliphatic carbocycles. The minimum atomic E-state index is -0.201. The molecule has 1 aromatic carbocycles. The van der Waals surface area contributed by atoms with Crippen LogP contribution in [0.4, 0.5) is 0 Å². The molecule has 1 heterocycles. The Labute approximate surface area is 113 Å². The van der Waals surface area contributed by atoms with Gasteiger partial charge in [-0.2, -0.15) is 0 Å². The Morgan fingerprint density at radius 2 is 2.05 bits per heavy atom. The van der Waals surface area contributed by atoms with Crippen molar-refractivity contribution in [1.29, 1.82) is 0 Å². The number of methoxy groups -OCH3 is 1. The zero-order chi connectivity index (χ0) is 14.0. The molecule has 4 nitrogen and oxygen atoms in total. The van der Waals surface area contributed by atoms with Gasteiger partial charge in [-0.15, -0.1) is 0 Å². The molecule has 0 radical (unpaired) electrons. The third kappa shape index (κ3) is 2.35. The normalized spacial score (nSPS) is 14.3. The number of para-hydroxylation sites is 2. The number of hydrogen-bond acceptors (Lipinski definition) is 3. The second-order valence-corrected chi connectivity index (χ2v) is 4.79. The van der Waals surface area contributed by atoms with E-state index in [1.54, 1.807) is 0 Å². The summed E-state index contributed by atoms with van der Waals surface area (Å²) in [4.78, 5) is 16.4. The molecular formula is C15H20N2O2. The summed E-state index contributed by atoms with van der Waals surface area (Å²) in [5, 5.41) is 0. The van der Waals surface area contributed by atoms with Crippen LogP contribution in [0.1, 0.15) is 32.6 Å². The lowest BCUT2D eigenvalue weighted by atomic mass is 10.0. The first kappa shape index (κ1) is 13.6. The van der Waals surface area contributed by atoms with Gasteiger partial charge in [0.2, 0.25) is 0 Å². The first-order valence-corrected chi connectivity index (χ1v) is 6.63. The largest absolute Gasteiger partial charge is 0.469 e. The van der Waals surface area contributed by atoms with Gasteiger partial charge in [-0.1, -0.05) is 19.1 Å². The van der Waals surface area contributed by atoms with Crippen molar-refractivity contribution in [1.82, 2.24) is 9.55 Å². The summed E-state index contributed by atoms with van der Waals surface area (Å²) in [5.74, 6) is 0.615. The Bertz CT molecular complexity index is 589. The molecule has 0 aliphatic rings. The molecular weight excluding hydrogens is 240 g/mol. The number of imidazole rings is 1. The lowest BCUT2D eigenvalue weighted by molar-refractivity contribution is -0.146. The highest BCUT2D eigenvalue weighted by Gasteiger charge is 2.25. The third-order valence-electron chi connectivity index (χ3n) is 3.69. The summed E-state index contributed by atoms with van der Waals surface area (Å²) >= 11 is 0. The van der Waals surface area contributed by atoms with Crippen LogP contribution in [-0.2, 0) is 16.0 Å². The molecule has 2 rings (SSSR count). The number of hydrogen-bond donors (Lipinski definition) is 0. The summed E-state index contributed by atoms with van der Waals surface area (Å²) in [7, 11) is 1.43. The van der Waals surface area contributed by atoms with Crippen molar-refractivity contribution >= 4 is 17.0 Å². The molecule has 0 N–H and O–H groups in total. The highest BCUT2D eigenvalue weighted by molar-refractivity contribution is 5.77. The predicted molar refractivity (Wildman–Crippen MR) is 75.0 cm³/mol. The number of fused-ring (bicyclic) bond motifs is 1. The first-order chi connectivity index (χ1) is 9.10. The Hall–Kier alpha value is -1.84. The SMILES string of the molecule is CCc1nc2ccccc2n1C(C)C(C)C(=O)OC. The van der Waals surface area contributed by atoms with Gasteiger partial charge in [-0.3, -0.25) is 4.79 Å². The predicted octanol–water partition coefficient (Wildman–Crippen LogP) is 2.97. The Balaban J connectivity index is 2.51. The maximum absolute atomic E-state index is 11.7. The van der Waals surface area contributed by atoms with E-state index in [9.17, 15) is 4.79 Å². The van der Waals surface area contributed by atoms with Crippen LogP contribution in [0.25, 0.3) is 11.0 Å². The molecule has 0 saturated heterocycles. The standard InChI is InChI=1S/C15H20N2O2/c1-5-14-16-12-8-6-7-9-13(12)17(14)11(3)10(2)15(18)19-4/h6-11H,5H2,1-4H3. The van der Waals surface area contributed by atoms with Crippen LogP contribution in [0.5, 0.6) is 0 Å². The van der Waals surface area contributed by atoms with Gasteiger partial charge in [-0.05, 0) is 26.0 Å². The van der Waals surface area contributed by atoms with E-state index in [4.69, 9.17) is 4.74 Å². The van der Waals surface area contributed by atoms with E-state index >= 15 is 0 Å². The highest BCUT2D eigenvalue weighted by atomic mass is 16.5. The van der Waals surface area contributed by atoms with Gasteiger partial charge >= 0.3 is 5.97 Å². The fourth-order valence-electron chi connectivity index (χ4n) is 2.40. The van der Waals surface area contributed by atoms with Crippen LogP contribution < -0.4 is 0 Å². The van der Waals surface area contributed by atoms with E-state index in [0.717, 1.165) is 23.3 Å². The van der Waals surface area contributed by atoms with Crippen LogP contribution in [0.3, 0.4) is 0 Å². The monoisotopic (exact) mass is 260 g/mol. The first-order valence-electron chi connectivity index (χ1n) is 6.63. The van der Waals surface area contributed by atoms with Gasteiger partial charge in [0.05, 0.1) is 24.1 Å². The smallest absolute Gasteiger partial charge is 0.310 e. The number of rotatable bonds is 4. The zero-order valence-electron chi connectivity index (χ0n) is 11.9. The third-order valence-corrected chi connectivity index (χ3v) is 3.69. The topological polar surface area (TPSA) is 44.1 Å². The van der Waals surface area contributed by atoms with Gasteiger partial charge in [0.1, 0.15) is 5.82 Å². The molecule has 0 aliphatic heterocycles. The van der Waals surface area contributed by atoms with Crippen molar-refractivity contribution in [2.45, 2.75) is 33.2 Å². The van der Waals surface area contributed by atoms with Crippen molar-refractivity contribution < 1.29 is 9.53 Å². The molecule has 2 unspecified atom stereocenters. The Morgan fingerprint density at radius 1 is 1.37 bits per heavy atom. The molecule has 1 aromatic heterocycles. The van der Waals surface area contributed by atoms with E-state index in [1.807, 2.05) is 38.1 Å². The maximum atomic E-state index is 11.7. The molecule has 0 bridgehead atoms. The van der Waals surface area contributed by atoms with E-state index in [2.05, 4.69) is 16.5 Å². The van der Waals surface area contributed by atoms with Gasteiger partial charge in [0, 0.05) is 12.5 Å². The van der Waals surface area contributed by atoms with Gasteiger partial charge in [-0.25, -0.2) is 4.98 Å². The van der Waals surface area contributed by atoms with E-state index in [1.165, 1.54) is 7.11 Å². The van der Waals surface area contributed by atoms with Crippen LogP contribution in [0, 0.1) is 5.92 Å². The molecule has 0 spiro atoms. The molecule has 4 heteroatoms. The number of carbonyl (C=O) groups is 1. The summed E-state index contributed by atoms with van der Waals surface area (Å²) in [6, 6.07) is 8.04. The van der Waals surface area contributed by atoms with Crippen molar-refractivity contribution in [2.75, 3.05) is 7.11 Å². The number of carbonyl (C=O) groups excluding carboxylic acids is 1. The number of aryl methyl sites for hydroxylation is 1. The quantitative estimate of drug-likeness (QED) is 0.794. The summed E-state index contributed by atoms with van der Waals surface area (Å²) < 4.78 is 6.99. The molecule has 19 heavy (non-hydrogen) atoms. The highest BCUT2D eigenvalue weighted by Crippen LogP contribution is 2.26. The molecule has 0 amide bonds. The Morgan fingerprint density at radius 3 is 2.68 bits per heavy atom. The van der Waals surface area contributed by atoms with E-state index in [-0.39, 0.29) is 17.9 Å². The zero-order valence-corrected chi connectivity index (χ0v) is 11.9. The van der Waals surface area contributed by atoms with Crippen molar-refractivity contribution in [3.8, 4) is 0 Å². The number of benzene rings is 1. The second kappa shape index (κ2) is 5.43. The number of nitrogens with zero attached hydrogens (tertiary/aromatic N) is 2. The van der Waals surface area contributed by atoms with Crippen LogP contribution in [0.15, 0.2) is 24.3 Å².